The van der Waals surface area contributed by atoms with Crippen molar-refractivity contribution in [1.29, 1.82) is 0 Å². The molecule has 2 atom stereocenters. The van der Waals surface area contributed by atoms with E-state index in [2.05, 4.69) is 19.9 Å². The van der Waals surface area contributed by atoms with Crippen molar-refractivity contribution in [1.82, 2.24) is 24.4 Å². The lowest BCUT2D eigenvalue weighted by Gasteiger charge is -2.23. The molecule has 2 aromatic heterocycles. The number of aromatic nitrogens is 4. The molecule has 0 aromatic carbocycles. The Balaban J connectivity index is 1.81. The molecule has 0 radical (unpaired) electrons. The maximum atomic E-state index is 12.7. The number of imidazole rings is 2. The number of methoxy groups -OCH3 is 1. The van der Waals surface area contributed by atoms with Crippen molar-refractivity contribution in [3.05, 3.63) is 35.4 Å². The lowest BCUT2D eigenvalue weighted by atomic mass is 10.2. The van der Waals surface area contributed by atoms with Crippen molar-refractivity contribution in [2.75, 3.05) is 13.7 Å². The minimum Gasteiger partial charge on any atom is -0.380 e. The average Bonchev–Trinajstić information content (AvgIpc) is 3.20. The number of aryl methyl sites for hydroxylation is 2. The Morgan fingerprint density at radius 1 is 1.36 bits per heavy atom. The van der Waals surface area contributed by atoms with Crippen molar-refractivity contribution in [3.8, 4) is 0 Å². The number of likely N-dealkylation sites (tertiary alicyclic amines) is 1. The molecule has 0 saturated carbocycles. The smallest absolute Gasteiger partial charge is 0.380 e. The summed E-state index contributed by atoms with van der Waals surface area (Å²) in [5.41, 5.74) is 1.92. The molecule has 0 aliphatic carbocycles. The first kappa shape index (κ1) is 17.9. The standard InChI is InChI=1S/C16H22F3N5O/c1-10-11(2)22-15(21-10)13-6-12(25-3)7-24(13)8-14-20-4-5-23(14)9-16(17,18)19/h4-5,12-13H,6-9H2,1-3H3,(H,21,22)/t12-,13+/m1/s1. The third kappa shape index (κ3) is 4.04. The van der Waals surface area contributed by atoms with E-state index in [4.69, 9.17) is 4.74 Å². The SMILES string of the molecule is CO[C@@H]1C[C@@H](c2nc(C)c(C)[nH]2)N(Cc2nccn2CC(F)(F)F)C1. The van der Waals surface area contributed by atoms with Crippen LogP contribution in [0, 0.1) is 13.8 Å². The molecular weight excluding hydrogens is 335 g/mol. The number of hydrogen-bond acceptors (Lipinski definition) is 4. The van der Waals surface area contributed by atoms with E-state index in [1.54, 1.807) is 7.11 Å². The molecular formula is C16H22F3N5O. The lowest BCUT2D eigenvalue weighted by Crippen LogP contribution is -2.28. The minimum absolute atomic E-state index is 0.0155. The second kappa shape index (κ2) is 6.80. The Labute approximate surface area is 144 Å². The fraction of sp³-hybridized carbons (Fsp3) is 0.625. The van der Waals surface area contributed by atoms with Gasteiger partial charge in [-0.3, -0.25) is 4.90 Å². The van der Waals surface area contributed by atoms with Gasteiger partial charge in [0, 0.05) is 31.7 Å². The number of H-pyrrole nitrogens is 1. The van der Waals surface area contributed by atoms with Gasteiger partial charge in [-0.2, -0.15) is 13.2 Å². The van der Waals surface area contributed by atoms with Gasteiger partial charge in [-0.15, -0.1) is 0 Å². The Kier molecular flexibility index (Phi) is 4.88. The van der Waals surface area contributed by atoms with Crippen LogP contribution in [0.4, 0.5) is 13.2 Å². The number of ether oxygens (including phenoxy) is 1. The Bertz CT molecular complexity index is 704. The minimum atomic E-state index is -4.27. The predicted molar refractivity (Wildman–Crippen MR) is 84.9 cm³/mol. The molecule has 1 N–H and O–H groups in total. The van der Waals surface area contributed by atoms with Gasteiger partial charge in [0.1, 0.15) is 18.2 Å². The summed E-state index contributed by atoms with van der Waals surface area (Å²) in [5, 5.41) is 0. The number of rotatable bonds is 5. The first-order chi connectivity index (χ1) is 11.8. The Morgan fingerprint density at radius 3 is 2.72 bits per heavy atom. The van der Waals surface area contributed by atoms with Gasteiger partial charge < -0.3 is 14.3 Å². The van der Waals surface area contributed by atoms with E-state index in [0.717, 1.165) is 28.2 Å². The van der Waals surface area contributed by atoms with Gasteiger partial charge in [0.05, 0.1) is 24.4 Å². The monoisotopic (exact) mass is 357 g/mol. The largest absolute Gasteiger partial charge is 0.406 e. The second-order valence-corrected chi connectivity index (χ2v) is 6.46. The predicted octanol–water partition coefficient (Wildman–Crippen LogP) is 2.75. The summed E-state index contributed by atoms with van der Waals surface area (Å²) in [6.45, 7) is 3.78. The van der Waals surface area contributed by atoms with E-state index < -0.39 is 12.7 Å². The fourth-order valence-corrected chi connectivity index (χ4v) is 3.23. The van der Waals surface area contributed by atoms with E-state index in [1.165, 1.54) is 12.4 Å². The number of halogens is 3. The maximum Gasteiger partial charge on any atom is 0.406 e. The summed E-state index contributed by atoms with van der Waals surface area (Å²) in [5.74, 6) is 1.21. The van der Waals surface area contributed by atoms with Crippen molar-refractivity contribution >= 4 is 0 Å². The van der Waals surface area contributed by atoms with Crippen molar-refractivity contribution < 1.29 is 17.9 Å². The van der Waals surface area contributed by atoms with Crippen LogP contribution in [0.5, 0.6) is 0 Å². The topological polar surface area (TPSA) is 59.0 Å². The number of nitrogens with one attached hydrogen (secondary N) is 1. The third-order valence-corrected chi connectivity index (χ3v) is 4.66. The zero-order valence-corrected chi connectivity index (χ0v) is 14.5. The van der Waals surface area contributed by atoms with E-state index in [0.29, 0.717) is 18.9 Å². The first-order valence-corrected chi connectivity index (χ1v) is 8.13. The van der Waals surface area contributed by atoms with Gasteiger partial charge in [-0.1, -0.05) is 0 Å². The zero-order valence-electron chi connectivity index (χ0n) is 14.5. The summed E-state index contributed by atoms with van der Waals surface area (Å²) >= 11 is 0. The van der Waals surface area contributed by atoms with Crippen LogP contribution in [-0.4, -0.2) is 50.4 Å². The van der Waals surface area contributed by atoms with Crippen LogP contribution in [0.15, 0.2) is 12.4 Å². The van der Waals surface area contributed by atoms with Gasteiger partial charge in [-0.25, -0.2) is 9.97 Å². The molecule has 3 rings (SSSR count). The summed E-state index contributed by atoms with van der Waals surface area (Å²) in [7, 11) is 1.65. The van der Waals surface area contributed by atoms with Crippen molar-refractivity contribution in [2.45, 2.75) is 51.7 Å². The molecule has 25 heavy (non-hydrogen) atoms. The molecule has 0 amide bonds. The van der Waals surface area contributed by atoms with Crippen LogP contribution in [0.1, 0.15) is 35.5 Å². The van der Waals surface area contributed by atoms with Crippen LogP contribution in [0.3, 0.4) is 0 Å². The highest BCUT2D eigenvalue weighted by molar-refractivity contribution is 5.15. The maximum absolute atomic E-state index is 12.7. The normalized spacial score (nSPS) is 22.0. The number of hydrogen-bond donors (Lipinski definition) is 1. The fourth-order valence-electron chi connectivity index (χ4n) is 3.23. The van der Waals surface area contributed by atoms with E-state index >= 15 is 0 Å². The Morgan fingerprint density at radius 2 is 2.12 bits per heavy atom. The molecule has 0 bridgehead atoms. The van der Waals surface area contributed by atoms with Crippen LogP contribution in [0.25, 0.3) is 0 Å². The molecule has 138 valence electrons. The van der Waals surface area contributed by atoms with Gasteiger partial charge in [0.25, 0.3) is 0 Å². The molecule has 0 spiro atoms. The van der Waals surface area contributed by atoms with Gasteiger partial charge in [0.15, 0.2) is 0 Å². The quantitative estimate of drug-likeness (QED) is 0.894. The highest BCUT2D eigenvalue weighted by atomic mass is 19.4. The zero-order chi connectivity index (χ0) is 18.2. The number of nitrogens with zero attached hydrogens (tertiary/aromatic N) is 4. The van der Waals surface area contributed by atoms with Crippen molar-refractivity contribution in [2.24, 2.45) is 0 Å². The molecule has 1 saturated heterocycles. The average molecular weight is 357 g/mol. The summed E-state index contributed by atoms with van der Waals surface area (Å²) < 4.78 is 44.8. The number of alkyl halides is 3. The molecule has 6 nitrogen and oxygen atoms in total. The van der Waals surface area contributed by atoms with E-state index in [9.17, 15) is 13.2 Å². The molecule has 9 heteroatoms. The van der Waals surface area contributed by atoms with Crippen LogP contribution in [0.2, 0.25) is 0 Å². The lowest BCUT2D eigenvalue weighted by molar-refractivity contribution is -0.141. The van der Waals surface area contributed by atoms with Crippen LogP contribution < -0.4 is 0 Å². The molecule has 1 fully saturated rings. The molecule has 1 aliphatic rings. The van der Waals surface area contributed by atoms with Crippen molar-refractivity contribution in [3.63, 3.8) is 0 Å². The van der Waals surface area contributed by atoms with Crippen LogP contribution in [-0.2, 0) is 17.8 Å². The van der Waals surface area contributed by atoms with Gasteiger partial charge in [0.2, 0.25) is 0 Å². The first-order valence-electron chi connectivity index (χ1n) is 8.13. The van der Waals surface area contributed by atoms with Gasteiger partial charge in [-0.05, 0) is 20.3 Å². The van der Waals surface area contributed by atoms with E-state index in [-0.39, 0.29) is 12.1 Å². The van der Waals surface area contributed by atoms with Crippen LogP contribution >= 0.6 is 0 Å². The summed E-state index contributed by atoms with van der Waals surface area (Å²) in [6, 6.07) is -0.0339. The Hall–Kier alpha value is -1.87. The molecule has 1 aliphatic heterocycles. The summed E-state index contributed by atoms with van der Waals surface area (Å²) in [6.07, 6.45) is -0.751. The second-order valence-electron chi connectivity index (χ2n) is 6.46. The van der Waals surface area contributed by atoms with Gasteiger partial charge >= 0.3 is 6.18 Å². The van der Waals surface area contributed by atoms with E-state index in [1.807, 2.05) is 13.8 Å². The molecule has 2 aromatic rings. The third-order valence-electron chi connectivity index (χ3n) is 4.66. The molecule has 0 unspecified atom stereocenters. The number of aromatic amines is 1. The molecule has 3 heterocycles. The highest BCUT2D eigenvalue weighted by Crippen LogP contribution is 2.33. The summed E-state index contributed by atoms with van der Waals surface area (Å²) in [4.78, 5) is 14.0. The highest BCUT2D eigenvalue weighted by Gasteiger charge is 2.36.